The zero-order chi connectivity index (χ0) is 14.0. The van der Waals surface area contributed by atoms with Gasteiger partial charge in [0.2, 0.25) is 0 Å². The summed E-state index contributed by atoms with van der Waals surface area (Å²) in [7, 11) is 0. The van der Waals surface area contributed by atoms with E-state index in [0.29, 0.717) is 10.7 Å². The maximum atomic E-state index is 13.0. The van der Waals surface area contributed by atoms with Crippen LogP contribution in [0.5, 0.6) is 0 Å². The molecule has 0 aliphatic heterocycles. The van der Waals surface area contributed by atoms with Crippen molar-refractivity contribution in [1.82, 2.24) is 9.97 Å². The third-order valence-corrected chi connectivity index (χ3v) is 3.23. The molecular formula is C12H12F3N3S. The van der Waals surface area contributed by atoms with Crippen LogP contribution in [0, 0.1) is 0 Å². The standard InChI is InChI=1S/C12H12F3N3S/c1-7(2)8-5-9(12(13,14)15)10(17-6-8)18-11-16-3-4-19-11/h3-7H,1-2H3,(H,16,17,18). The molecule has 2 aromatic rings. The second kappa shape index (κ2) is 5.16. The van der Waals surface area contributed by atoms with Crippen LogP contribution >= 0.6 is 11.3 Å². The third kappa shape index (κ3) is 3.23. The zero-order valence-electron chi connectivity index (χ0n) is 10.3. The Morgan fingerprint density at radius 1 is 1.26 bits per heavy atom. The molecule has 0 spiro atoms. The van der Waals surface area contributed by atoms with Gasteiger partial charge in [0.1, 0.15) is 5.82 Å². The quantitative estimate of drug-likeness (QED) is 0.907. The summed E-state index contributed by atoms with van der Waals surface area (Å²) in [6.07, 6.45) is -1.48. The van der Waals surface area contributed by atoms with Crippen LogP contribution in [0.1, 0.15) is 30.9 Å². The van der Waals surface area contributed by atoms with Crippen LogP contribution in [0.3, 0.4) is 0 Å². The lowest BCUT2D eigenvalue weighted by molar-refractivity contribution is -0.137. The van der Waals surface area contributed by atoms with Gasteiger partial charge in [-0.05, 0) is 17.5 Å². The van der Waals surface area contributed by atoms with E-state index in [0.717, 1.165) is 6.07 Å². The van der Waals surface area contributed by atoms with Crippen molar-refractivity contribution in [3.05, 3.63) is 35.0 Å². The van der Waals surface area contributed by atoms with Crippen molar-refractivity contribution in [2.24, 2.45) is 0 Å². The fraction of sp³-hybridized carbons (Fsp3) is 0.333. The first kappa shape index (κ1) is 13.8. The monoisotopic (exact) mass is 287 g/mol. The van der Waals surface area contributed by atoms with Gasteiger partial charge in [-0.25, -0.2) is 9.97 Å². The molecule has 0 amide bonds. The minimum Gasteiger partial charge on any atom is -0.316 e. The lowest BCUT2D eigenvalue weighted by Crippen LogP contribution is -2.11. The molecule has 19 heavy (non-hydrogen) atoms. The average molecular weight is 287 g/mol. The van der Waals surface area contributed by atoms with Crippen molar-refractivity contribution in [2.75, 3.05) is 5.32 Å². The fourth-order valence-electron chi connectivity index (χ4n) is 1.50. The van der Waals surface area contributed by atoms with Crippen LogP contribution in [0.25, 0.3) is 0 Å². The highest BCUT2D eigenvalue weighted by atomic mass is 32.1. The molecule has 0 aliphatic rings. The maximum Gasteiger partial charge on any atom is 0.419 e. The van der Waals surface area contributed by atoms with Crippen LogP contribution in [0.15, 0.2) is 23.8 Å². The zero-order valence-corrected chi connectivity index (χ0v) is 11.1. The number of halogens is 3. The van der Waals surface area contributed by atoms with Crippen LogP contribution in [0.4, 0.5) is 24.1 Å². The summed E-state index contributed by atoms with van der Waals surface area (Å²) in [5.74, 6) is -0.227. The Balaban J connectivity index is 2.42. The molecule has 7 heteroatoms. The Morgan fingerprint density at radius 3 is 2.53 bits per heavy atom. The number of thiazole rings is 1. The van der Waals surface area contributed by atoms with Gasteiger partial charge in [-0.2, -0.15) is 13.2 Å². The van der Waals surface area contributed by atoms with Crippen molar-refractivity contribution in [3.63, 3.8) is 0 Å². The van der Waals surface area contributed by atoms with E-state index < -0.39 is 11.7 Å². The summed E-state index contributed by atoms with van der Waals surface area (Å²) in [4.78, 5) is 7.77. The lowest BCUT2D eigenvalue weighted by Gasteiger charge is -2.15. The van der Waals surface area contributed by atoms with Crippen molar-refractivity contribution in [3.8, 4) is 0 Å². The Labute approximate surface area is 112 Å². The number of alkyl halides is 3. The van der Waals surface area contributed by atoms with Crippen molar-refractivity contribution >= 4 is 22.3 Å². The highest BCUT2D eigenvalue weighted by molar-refractivity contribution is 7.13. The molecule has 0 atom stereocenters. The first-order valence-corrected chi connectivity index (χ1v) is 6.49. The third-order valence-electron chi connectivity index (χ3n) is 2.54. The molecule has 1 N–H and O–H groups in total. The van der Waals surface area contributed by atoms with Crippen LogP contribution in [-0.2, 0) is 6.18 Å². The molecule has 0 bridgehead atoms. The van der Waals surface area contributed by atoms with Gasteiger partial charge in [-0.15, -0.1) is 11.3 Å². The Bertz CT molecular complexity index is 550. The average Bonchev–Trinajstić information content (AvgIpc) is 2.80. The highest BCUT2D eigenvalue weighted by Gasteiger charge is 2.35. The van der Waals surface area contributed by atoms with Crippen molar-refractivity contribution in [1.29, 1.82) is 0 Å². The molecule has 2 rings (SSSR count). The van der Waals surface area contributed by atoms with Gasteiger partial charge in [0.05, 0.1) is 5.56 Å². The summed E-state index contributed by atoms with van der Waals surface area (Å²) in [6.45, 7) is 3.65. The van der Waals surface area contributed by atoms with Gasteiger partial charge < -0.3 is 5.32 Å². The molecular weight excluding hydrogens is 275 g/mol. The van der Waals surface area contributed by atoms with Crippen LogP contribution in [-0.4, -0.2) is 9.97 Å². The van der Waals surface area contributed by atoms with Gasteiger partial charge in [0.25, 0.3) is 0 Å². The van der Waals surface area contributed by atoms with E-state index in [4.69, 9.17) is 0 Å². The lowest BCUT2D eigenvalue weighted by atomic mass is 10.0. The van der Waals surface area contributed by atoms with Gasteiger partial charge in [0.15, 0.2) is 5.13 Å². The molecule has 0 fully saturated rings. The molecule has 0 radical (unpaired) electrons. The van der Waals surface area contributed by atoms with Crippen molar-refractivity contribution in [2.45, 2.75) is 25.9 Å². The van der Waals surface area contributed by atoms with E-state index >= 15 is 0 Å². The predicted molar refractivity (Wildman–Crippen MR) is 68.7 cm³/mol. The highest BCUT2D eigenvalue weighted by Crippen LogP contribution is 2.36. The van der Waals surface area contributed by atoms with Gasteiger partial charge in [-0.3, -0.25) is 0 Å². The normalized spacial score (nSPS) is 11.9. The maximum absolute atomic E-state index is 13.0. The number of nitrogens with zero attached hydrogens (tertiary/aromatic N) is 2. The van der Waals surface area contributed by atoms with Gasteiger partial charge in [0, 0.05) is 17.8 Å². The van der Waals surface area contributed by atoms with E-state index in [1.807, 2.05) is 13.8 Å². The van der Waals surface area contributed by atoms with E-state index in [1.54, 1.807) is 5.38 Å². The number of aromatic nitrogens is 2. The number of hydrogen-bond donors (Lipinski definition) is 1. The van der Waals surface area contributed by atoms with Gasteiger partial charge >= 0.3 is 6.18 Å². The van der Waals surface area contributed by atoms with Crippen LogP contribution < -0.4 is 5.32 Å². The fourth-order valence-corrected chi connectivity index (χ4v) is 2.03. The predicted octanol–water partition coefficient (Wildman–Crippen LogP) is 4.42. The minimum absolute atomic E-state index is 0.0116. The second-order valence-corrected chi connectivity index (χ2v) is 5.17. The molecule has 0 aliphatic carbocycles. The SMILES string of the molecule is CC(C)c1cnc(Nc2nccs2)c(C(F)(F)F)c1. The number of nitrogens with one attached hydrogen (secondary N) is 1. The molecule has 0 saturated heterocycles. The van der Waals surface area contributed by atoms with Crippen molar-refractivity contribution < 1.29 is 13.2 Å². The molecule has 2 heterocycles. The molecule has 3 nitrogen and oxygen atoms in total. The van der Waals surface area contributed by atoms with Crippen LogP contribution in [0.2, 0.25) is 0 Å². The first-order valence-electron chi connectivity index (χ1n) is 5.61. The van der Waals surface area contributed by atoms with E-state index in [2.05, 4.69) is 15.3 Å². The molecule has 0 saturated carbocycles. The Kier molecular flexibility index (Phi) is 3.75. The number of anilines is 2. The first-order chi connectivity index (χ1) is 8.88. The van der Waals surface area contributed by atoms with E-state index in [-0.39, 0.29) is 11.7 Å². The number of hydrogen-bond acceptors (Lipinski definition) is 4. The Hall–Kier alpha value is -1.63. The molecule has 102 valence electrons. The molecule has 0 aromatic carbocycles. The van der Waals surface area contributed by atoms with E-state index in [9.17, 15) is 13.2 Å². The number of rotatable bonds is 3. The largest absolute Gasteiger partial charge is 0.419 e. The molecule has 2 aromatic heterocycles. The second-order valence-electron chi connectivity index (χ2n) is 4.28. The van der Waals surface area contributed by atoms with E-state index in [1.165, 1.54) is 23.7 Å². The summed E-state index contributed by atoms with van der Waals surface area (Å²) in [5, 5.41) is 4.66. The summed E-state index contributed by atoms with van der Waals surface area (Å²) >= 11 is 1.22. The summed E-state index contributed by atoms with van der Waals surface area (Å²) in [6, 6.07) is 1.13. The topological polar surface area (TPSA) is 37.8 Å². The Morgan fingerprint density at radius 2 is 2.00 bits per heavy atom. The summed E-state index contributed by atoms with van der Waals surface area (Å²) < 4.78 is 39.1. The number of pyridine rings is 1. The van der Waals surface area contributed by atoms with Gasteiger partial charge in [-0.1, -0.05) is 13.8 Å². The molecule has 0 unspecified atom stereocenters. The smallest absolute Gasteiger partial charge is 0.316 e. The summed E-state index contributed by atoms with van der Waals surface area (Å²) in [5.41, 5.74) is -0.217. The minimum atomic E-state index is -4.45.